The van der Waals surface area contributed by atoms with E-state index >= 15 is 0 Å². The second-order valence-electron chi connectivity index (χ2n) is 7.03. The Bertz CT molecular complexity index is 986. The Labute approximate surface area is 151 Å². The van der Waals surface area contributed by atoms with Gasteiger partial charge in [0, 0.05) is 0 Å². The number of rotatable bonds is 4. The lowest BCUT2D eigenvalue weighted by Crippen LogP contribution is -2.35. The molecule has 6 heteroatoms. The summed E-state index contributed by atoms with van der Waals surface area (Å²) in [5, 5.41) is 0.439. The highest BCUT2D eigenvalue weighted by atomic mass is 16.5. The first-order valence-corrected chi connectivity index (χ1v) is 8.34. The zero-order valence-corrected chi connectivity index (χ0v) is 15.0. The van der Waals surface area contributed by atoms with E-state index < -0.39 is 5.91 Å². The van der Waals surface area contributed by atoms with Crippen molar-refractivity contribution in [3.05, 3.63) is 70.8 Å². The zero-order chi connectivity index (χ0) is 18.7. The Balaban J connectivity index is 1.64. The number of carbonyl (C=O) groups excluding carboxylic acids is 1. The SMILES string of the molecule is CC(C)(C)c1ccc(OCC(=O)Nn2cnc3ccccc3c2=O)cc1. The molecule has 0 saturated heterocycles. The minimum absolute atomic E-state index is 0.0557. The number of hydrogen-bond donors (Lipinski definition) is 1. The average Bonchev–Trinajstić information content (AvgIpc) is 2.62. The first-order chi connectivity index (χ1) is 12.3. The summed E-state index contributed by atoms with van der Waals surface area (Å²) < 4.78 is 6.55. The van der Waals surface area contributed by atoms with Gasteiger partial charge in [0.25, 0.3) is 11.5 Å². The highest BCUT2D eigenvalue weighted by Crippen LogP contribution is 2.24. The van der Waals surface area contributed by atoms with Gasteiger partial charge >= 0.3 is 0 Å². The number of nitrogens with one attached hydrogen (secondary N) is 1. The zero-order valence-electron chi connectivity index (χ0n) is 15.0. The van der Waals surface area contributed by atoms with Crippen LogP contribution in [0.1, 0.15) is 26.3 Å². The molecular formula is C20H21N3O3. The molecule has 0 aliphatic heterocycles. The fourth-order valence-corrected chi connectivity index (χ4v) is 2.52. The van der Waals surface area contributed by atoms with Gasteiger partial charge in [-0.1, -0.05) is 45.0 Å². The van der Waals surface area contributed by atoms with Crippen LogP contribution < -0.4 is 15.7 Å². The summed E-state index contributed by atoms with van der Waals surface area (Å²) >= 11 is 0. The van der Waals surface area contributed by atoms with Crippen LogP contribution in [-0.2, 0) is 10.2 Å². The maximum atomic E-state index is 12.3. The minimum Gasteiger partial charge on any atom is -0.484 e. The minimum atomic E-state index is -0.441. The molecule has 0 saturated carbocycles. The molecule has 1 heterocycles. The molecule has 0 fully saturated rings. The third-order valence-electron chi connectivity index (χ3n) is 4.00. The summed E-state index contributed by atoms with van der Waals surface area (Å²) in [5.74, 6) is 0.154. The van der Waals surface area contributed by atoms with Crippen LogP contribution in [0.3, 0.4) is 0 Å². The van der Waals surface area contributed by atoms with Crippen LogP contribution in [-0.4, -0.2) is 22.2 Å². The fraction of sp³-hybridized carbons (Fsp3) is 0.250. The number of carbonyl (C=O) groups is 1. The Morgan fingerprint density at radius 2 is 1.81 bits per heavy atom. The van der Waals surface area contributed by atoms with Crippen LogP contribution in [0.5, 0.6) is 5.75 Å². The summed E-state index contributed by atoms with van der Waals surface area (Å²) in [5.41, 5.74) is 3.97. The van der Waals surface area contributed by atoms with Gasteiger partial charge in [0.05, 0.1) is 10.9 Å². The van der Waals surface area contributed by atoms with Gasteiger partial charge in [-0.05, 0) is 35.2 Å². The molecule has 0 unspecified atom stereocenters. The molecule has 1 amide bonds. The lowest BCUT2D eigenvalue weighted by molar-refractivity contribution is -0.119. The summed E-state index contributed by atoms with van der Waals surface area (Å²) in [7, 11) is 0. The summed E-state index contributed by atoms with van der Waals surface area (Å²) in [6.45, 7) is 6.19. The first kappa shape index (κ1) is 17.7. The molecule has 2 aromatic carbocycles. The van der Waals surface area contributed by atoms with E-state index in [1.165, 1.54) is 11.9 Å². The van der Waals surface area contributed by atoms with Crippen molar-refractivity contribution in [2.75, 3.05) is 12.0 Å². The molecule has 0 bridgehead atoms. The summed E-state index contributed by atoms with van der Waals surface area (Å²) in [4.78, 5) is 28.6. The molecule has 134 valence electrons. The maximum Gasteiger partial charge on any atom is 0.280 e. The van der Waals surface area contributed by atoms with Gasteiger partial charge in [-0.15, -0.1) is 0 Å². The highest BCUT2D eigenvalue weighted by Gasteiger charge is 2.13. The van der Waals surface area contributed by atoms with E-state index in [2.05, 4.69) is 31.2 Å². The lowest BCUT2D eigenvalue weighted by Gasteiger charge is -2.19. The Kier molecular flexibility index (Phi) is 4.75. The smallest absolute Gasteiger partial charge is 0.280 e. The molecule has 6 nitrogen and oxygen atoms in total. The normalized spacial score (nSPS) is 11.3. The quantitative estimate of drug-likeness (QED) is 0.784. The molecule has 1 N–H and O–H groups in total. The van der Waals surface area contributed by atoms with Gasteiger partial charge in [-0.3, -0.25) is 15.0 Å². The van der Waals surface area contributed by atoms with E-state index in [1.54, 1.807) is 24.3 Å². The van der Waals surface area contributed by atoms with E-state index in [-0.39, 0.29) is 17.6 Å². The third-order valence-corrected chi connectivity index (χ3v) is 4.00. The fourth-order valence-electron chi connectivity index (χ4n) is 2.52. The van der Waals surface area contributed by atoms with E-state index in [4.69, 9.17) is 4.74 Å². The van der Waals surface area contributed by atoms with Crippen LogP contribution in [0, 0.1) is 0 Å². The number of benzene rings is 2. The maximum absolute atomic E-state index is 12.3. The largest absolute Gasteiger partial charge is 0.484 e. The van der Waals surface area contributed by atoms with Crippen molar-refractivity contribution < 1.29 is 9.53 Å². The van der Waals surface area contributed by atoms with Crippen molar-refractivity contribution in [3.8, 4) is 5.75 Å². The highest BCUT2D eigenvalue weighted by molar-refractivity contribution is 5.85. The number of nitrogens with zero attached hydrogens (tertiary/aromatic N) is 2. The number of amides is 1. The summed E-state index contributed by atoms with van der Waals surface area (Å²) in [6.07, 6.45) is 1.29. The Morgan fingerprint density at radius 3 is 2.50 bits per heavy atom. The molecule has 0 radical (unpaired) electrons. The van der Waals surface area contributed by atoms with Crippen LogP contribution in [0.15, 0.2) is 59.7 Å². The second kappa shape index (κ2) is 7.00. The van der Waals surface area contributed by atoms with E-state index in [9.17, 15) is 9.59 Å². The number of ether oxygens (including phenoxy) is 1. The lowest BCUT2D eigenvalue weighted by atomic mass is 9.87. The number of fused-ring (bicyclic) bond motifs is 1. The molecule has 0 atom stereocenters. The monoisotopic (exact) mass is 351 g/mol. The molecule has 26 heavy (non-hydrogen) atoms. The van der Waals surface area contributed by atoms with Gasteiger partial charge in [0.2, 0.25) is 0 Å². The van der Waals surface area contributed by atoms with Gasteiger partial charge in [0.15, 0.2) is 6.61 Å². The predicted molar refractivity (Wildman–Crippen MR) is 101 cm³/mol. The van der Waals surface area contributed by atoms with Gasteiger partial charge < -0.3 is 4.74 Å². The first-order valence-electron chi connectivity index (χ1n) is 8.34. The second-order valence-corrected chi connectivity index (χ2v) is 7.03. The molecule has 0 aliphatic rings. The van der Waals surface area contributed by atoms with Gasteiger partial charge in [0.1, 0.15) is 12.1 Å². The van der Waals surface area contributed by atoms with Crippen molar-refractivity contribution in [2.45, 2.75) is 26.2 Å². The van der Waals surface area contributed by atoms with Crippen LogP contribution >= 0.6 is 0 Å². The molecule has 0 aliphatic carbocycles. The molecule has 0 spiro atoms. The van der Waals surface area contributed by atoms with Crippen molar-refractivity contribution in [3.63, 3.8) is 0 Å². The van der Waals surface area contributed by atoms with Crippen molar-refractivity contribution >= 4 is 16.8 Å². The average molecular weight is 351 g/mol. The topological polar surface area (TPSA) is 73.2 Å². The van der Waals surface area contributed by atoms with E-state index in [0.29, 0.717) is 16.7 Å². The van der Waals surface area contributed by atoms with Gasteiger partial charge in [-0.25, -0.2) is 9.66 Å². The molecular weight excluding hydrogens is 330 g/mol. The van der Waals surface area contributed by atoms with Crippen LogP contribution in [0.2, 0.25) is 0 Å². The number of para-hydroxylation sites is 1. The van der Waals surface area contributed by atoms with Crippen molar-refractivity contribution in [2.24, 2.45) is 0 Å². The van der Waals surface area contributed by atoms with Crippen molar-refractivity contribution in [1.82, 2.24) is 9.66 Å². The van der Waals surface area contributed by atoms with Crippen LogP contribution in [0.25, 0.3) is 10.9 Å². The molecule has 3 aromatic rings. The van der Waals surface area contributed by atoms with E-state index in [0.717, 1.165) is 4.68 Å². The number of aromatic nitrogens is 2. The Hall–Kier alpha value is -3.15. The summed E-state index contributed by atoms with van der Waals surface area (Å²) in [6, 6.07) is 14.6. The third kappa shape index (κ3) is 3.91. The predicted octanol–water partition coefficient (Wildman–Crippen LogP) is 2.84. The molecule has 1 aromatic heterocycles. The van der Waals surface area contributed by atoms with Gasteiger partial charge in [-0.2, -0.15) is 0 Å². The molecule has 3 rings (SSSR count). The standard InChI is InChI=1S/C20H21N3O3/c1-20(2,3)14-8-10-15(11-9-14)26-12-18(24)22-23-13-21-17-7-5-4-6-16(17)19(23)25/h4-11,13H,12H2,1-3H3,(H,22,24). The number of hydrogen-bond acceptors (Lipinski definition) is 4. The van der Waals surface area contributed by atoms with Crippen molar-refractivity contribution in [1.29, 1.82) is 0 Å². The Morgan fingerprint density at radius 1 is 1.12 bits per heavy atom. The van der Waals surface area contributed by atoms with E-state index in [1.807, 2.05) is 24.3 Å². The van der Waals surface area contributed by atoms with Crippen LogP contribution in [0.4, 0.5) is 0 Å².